The van der Waals surface area contributed by atoms with Gasteiger partial charge in [0.1, 0.15) is 24.7 Å². The largest absolute Gasteiger partial charge is 0.490 e. The molecule has 2 rings (SSSR count). The van der Waals surface area contributed by atoms with Gasteiger partial charge in [0, 0.05) is 13.0 Å². The van der Waals surface area contributed by atoms with Gasteiger partial charge in [-0.05, 0) is 49.6 Å². The number of carbonyl (C=O) groups excluding carboxylic acids is 1. The van der Waals surface area contributed by atoms with E-state index in [2.05, 4.69) is 11.4 Å². The molecule has 6 nitrogen and oxygen atoms in total. The molecule has 0 saturated carbocycles. The van der Waals surface area contributed by atoms with E-state index in [9.17, 15) is 9.59 Å². The van der Waals surface area contributed by atoms with E-state index in [-0.39, 0.29) is 18.7 Å². The maximum absolute atomic E-state index is 11.5. The van der Waals surface area contributed by atoms with Crippen LogP contribution in [0.15, 0.2) is 42.5 Å². The lowest BCUT2D eigenvalue weighted by Gasteiger charge is -2.11. The molecule has 0 heterocycles. The van der Waals surface area contributed by atoms with Gasteiger partial charge in [0.25, 0.3) is 0 Å². The molecule has 0 aromatic heterocycles. The molecule has 2 aromatic rings. The van der Waals surface area contributed by atoms with Crippen LogP contribution in [0.5, 0.6) is 11.5 Å². The fourth-order valence-electron chi connectivity index (χ4n) is 2.72. The van der Waals surface area contributed by atoms with Gasteiger partial charge in [0.2, 0.25) is 5.91 Å². The van der Waals surface area contributed by atoms with E-state index >= 15 is 0 Å². The van der Waals surface area contributed by atoms with Crippen molar-refractivity contribution in [3.63, 3.8) is 0 Å². The summed E-state index contributed by atoms with van der Waals surface area (Å²) >= 11 is 0. The lowest BCUT2D eigenvalue weighted by atomic mass is 10.1. The summed E-state index contributed by atoms with van der Waals surface area (Å²) in [4.78, 5) is 22.0. The van der Waals surface area contributed by atoms with Crippen LogP contribution in [0, 0.1) is 13.8 Å². The third kappa shape index (κ3) is 7.70. The smallest absolute Gasteiger partial charge is 0.303 e. The maximum Gasteiger partial charge on any atom is 0.303 e. The molecule has 0 aliphatic heterocycles. The molecule has 0 saturated heterocycles. The molecule has 0 spiro atoms. The summed E-state index contributed by atoms with van der Waals surface area (Å²) in [5, 5.41) is 11.3. The van der Waals surface area contributed by atoms with Crippen LogP contribution in [0.25, 0.3) is 0 Å². The van der Waals surface area contributed by atoms with Crippen LogP contribution in [0.4, 0.5) is 0 Å². The van der Waals surface area contributed by atoms with Crippen LogP contribution < -0.4 is 14.8 Å². The summed E-state index contributed by atoms with van der Waals surface area (Å²) in [6, 6.07) is 13.8. The molecule has 2 N–H and O–H groups in total. The Morgan fingerprint density at radius 3 is 2.54 bits per heavy atom. The van der Waals surface area contributed by atoms with Crippen LogP contribution in [0.3, 0.4) is 0 Å². The minimum absolute atomic E-state index is 0.00105. The number of carboxylic acids is 1. The van der Waals surface area contributed by atoms with Crippen molar-refractivity contribution >= 4 is 11.9 Å². The molecule has 150 valence electrons. The van der Waals surface area contributed by atoms with Gasteiger partial charge in [-0.3, -0.25) is 9.59 Å². The molecule has 0 aliphatic carbocycles. The first-order valence-corrected chi connectivity index (χ1v) is 9.34. The first-order valence-electron chi connectivity index (χ1n) is 9.34. The molecular weight excluding hydrogens is 358 g/mol. The minimum atomic E-state index is -0.971. The summed E-state index contributed by atoms with van der Waals surface area (Å²) in [6.07, 6.45) is 0.493. The summed E-state index contributed by atoms with van der Waals surface area (Å²) in [5.41, 5.74) is 3.34. The zero-order valence-electron chi connectivity index (χ0n) is 16.4. The Labute approximate surface area is 165 Å². The number of carboxylic acid groups (broad SMARTS) is 1. The van der Waals surface area contributed by atoms with Crippen LogP contribution in [-0.2, 0) is 16.0 Å². The Balaban J connectivity index is 1.70. The summed E-state index contributed by atoms with van der Waals surface area (Å²) in [6.45, 7) is 5.41. The molecule has 1 amide bonds. The molecule has 0 aliphatic rings. The molecule has 0 unspecified atom stereocenters. The Hall–Kier alpha value is -3.02. The van der Waals surface area contributed by atoms with Gasteiger partial charge in [-0.25, -0.2) is 0 Å². The monoisotopic (exact) mass is 385 g/mol. The number of rotatable bonds is 11. The average Bonchev–Trinajstić information content (AvgIpc) is 2.65. The number of benzene rings is 2. The lowest BCUT2D eigenvalue weighted by Crippen LogP contribution is -2.26. The van der Waals surface area contributed by atoms with Crippen molar-refractivity contribution in [3.05, 3.63) is 59.2 Å². The van der Waals surface area contributed by atoms with Crippen LogP contribution in [0.1, 0.15) is 29.5 Å². The van der Waals surface area contributed by atoms with Gasteiger partial charge >= 0.3 is 5.97 Å². The highest BCUT2D eigenvalue weighted by molar-refractivity contribution is 5.80. The predicted molar refractivity (Wildman–Crippen MR) is 107 cm³/mol. The highest BCUT2D eigenvalue weighted by Gasteiger charge is 2.05. The zero-order chi connectivity index (χ0) is 20.4. The third-order valence-corrected chi connectivity index (χ3v) is 4.14. The topological polar surface area (TPSA) is 84.9 Å². The zero-order valence-corrected chi connectivity index (χ0v) is 16.4. The number of carbonyl (C=O) groups is 2. The van der Waals surface area contributed by atoms with Crippen molar-refractivity contribution in [3.8, 4) is 11.5 Å². The van der Waals surface area contributed by atoms with E-state index in [1.54, 1.807) is 0 Å². The molecule has 2 aromatic carbocycles. The van der Waals surface area contributed by atoms with Crippen LogP contribution in [-0.4, -0.2) is 36.7 Å². The second kappa shape index (κ2) is 11.0. The average molecular weight is 385 g/mol. The molecule has 0 bridgehead atoms. The number of aryl methyl sites for hydroxylation is 2. The van der Waals surface area contributed by atoms with Gasteiger partial charge in [-0.2, -0.15) is 0 Å². The summed E-state index contributed by atoms with van der Waals surface area (Å²) in [7, 11) is 0. The molecule has 0 atom stereocenters. The van der Waals surface area contributed by atoms with E-state index in [1.165, 1.54) is 5.56 Å². The number of hydrogen-bond donors (Lipinski definition) is 2. The molecule has 28 heavy (non-hydrogen) atoms. The van der Waals surface area contributed by atoms with Crippen molar-refractivity contribution in [2.75, 3.05) is 19.8 Å². The van der Waals surface area contributed by atoms with E-state index in [4.69, 9.17) is 14.6 Å². The standard InChI is InChI=1S/C22H27NO5/c1-16-6-7-20(17(2)14-16)28-13-12-27-19-5-3-4-18(15-19)10-11-23-21(24)8-9-22(25)26/h3-7,14-15H,8-13H2,1-2H3,(H,23,24)(H,25,26). The van der Waals surface area contributed by atoms with Crippen molar-refractivity contribution < 1.29 is 24.2 Å². The third-order valence-electron chi connectivity index (χ3n) is 4.14. The Bertz CT molecular complexity index is 803. The Morgan fingerprint density at radius 1 is 1.00 bits per heavy atom. The number of ether oxygens (including phenoxy) is 2. The highest BCUT2D eigenvalue weighted by Crippen LogP contribution is 2.19. The molecular formula is C22H27NO5. The number of hydrogen-bond acceptors (Lipinski definition) is 4. The van der Waals surface area contributed by atoms with Gasteiger partial charge < -0.3 is 19.9 Å². The highest BCUT2D eigenvalue weighted by atomic mass is 16.5. The molecule has 6 heteroatoms. The van der Waals surface area contributed by atoms with Crippen molar-refractivity contribution in [1.29, 1.82) is 0 Å². The number of amides is 1. The first-order chi connectivity index (χ1) is 13.4. The van der Waals surface area contributed by atoms with E-state index in [0.29, 0.717) is 26.2 Å². The molecule has 0 fully saturated rings. The lowest BCUT2D eigenvalue weighted by molar-refractivity contribution is -0.138. The SMILES string of the molecule is Cc1ccc(OCCOc2cccc(CCNC(=O)CCC(=O)O)c2)c(C)c1. The first kappa shape index (κ1) is 21.3. The van der Waals surface area contributed by atoms with Gasteiger partial charge in [-0.15, -0.1) is 0 Å². The van der Waals surface area contributed by atoms with Crippen molar-refractivity contribution in [2.45, 2.75) is 33.1 Å². The maximum atomic E-state index is 11.5. The van der Waals surface area contributed by atoms with E-state index in [1.807, 2.05) is 50.2 Å². The number of nitrogens with one attached hydrogen (secondary N) is 1. The second-order valence-corrected chi connectivity index (χ2v) is 6.61. The fourth-order valence-corrected chi connectivity index (χ4v) is 2.72. The van der Waals surface area contributed by atoms with Crippen LogP contribution in [0.2, 0.25) is 0 Å². The van der Waals surface area contributed by atoms with Crippen molar-refractivity contribution in [2.24, 2.45) is 0 Å². The van der Waals surface area contributed by atoms with Gasteiger partial charge in [0.05, 0.1) is 6.42 Å². The minimum Gasteiger partial charge on any atom is -0.490 e. The molecule has 0 radical (unpaired) electrons. The van der Waals surface area contributed by atoms with Gasteiger partial charge in [0.15, 0.2) is 0 Å². The quantitative estimate of drug-likeness (QED) is 0.580. The van der Waals surface area contributed by atoms with Crippen molar-refractivity contribution in [1.82, 2.24) is 5.32 Å². The Morgan fingerprint density at radius 2 is 1.79 bits per heavy atom. The van der Waals surface area contributed by atoms with E-state index < -0.39 is 5.97 Å². The van der Waals surface area contributed by atoms with E-state index in [0.717, 1.165) is 22.6 Å². The predicted octanol–water partition coefficient (Wildman–Crippen LogP) is 3.28. The second-order valence-electron chi connectivity index (χ2n) is 6.61. The normalized spacial score (nSPS) is 10.4. The summed E-state index contributed by atoms with van der Waals surface area (Å²) in [5.74, 6) is 0.389. The fraction of sp³-hybridized carbons (Fsp3) is 0.364. The number of aliphatic carboxylic acids is 1. The summed E-state index contributed by atoms with van der Waals surface area (Å²) < 4.78 is 11.5. The van der Waals surface area contributed by atoms with Gasteiger partial charge in [-0.1, -0.05) is 29.8 Å². The van der Waals surface area contributed by atoms with Crippen LogP contribution >= 0.6 is 0 Å². The Kier molecular flexibility index (Phi) is 8.34.